The van der Waals surface area contributed by atoms with Crippen LogP contribution in [0.5, 0.6) is 5.75 Å². The third-order valence-electron chi connectivity index (χ3n) is 6.60. The smallest absolute Gasteiger partial charge is 0.316 e. The van der Waals surface area contributed by atoms with Gasteiger partial charge in [-0.2, -0.15) is 0 Å². The van der Waals surface area contributed by atoms with E-state index < -0.39 is 5.41 Å². The second-order valence-corrected chi connectivity index (χ2v) is 10.6. The summed E-state index contributed by atoms with van der Waals surface area (Å²) >= 11 is 6.40. The summed E-state index contributed by atoms with van der Waals surface area (Å²) in [5.74, 6) is 1.31. The Balaban J connectivity index is 1.50. The molecule has 5 nitrogen and oxygen atoms in total. The van der Waals surface area contributed by atoms with E-state index in [0.29, 0.717) is 17.5 Å². The van der Waals surface area contributed by atoms with Gasteiger partial charge < -0.3 is 9.64 Å². The second kappa shape index (κ2) is 9.03. The molecule has 0 saturated carbocycles. The number of hydrogen-bond donors (Lipinski definition) is 0. The maximum absolute atomic E-state index is 12.5. The molecule has 1 aromatic heterocycles. The third-order valence-corrected chi connectivity index (χ3v) is 6.76. The average Bonchev–Trinajstić information content (AvgIpc) is 3.21. The van der Waals surface area contributed by atoms with Crippen LogP contribution in [0.4, 0.5) is 5.82 Å². The molecule has 3 aromatic rings. The first-order valence-corrected chi connectivity index (χ1v) is 12.4. The lowest BCUT2D eigenvalue weighted by Crippen LogP contribution is -2.31. The Morgan fingerprint density at radius 2 is 1.85 bits per heavy atom. The number of nitrogens with zero attached hydrogens (tertiary/aromatic N) is 3. The van der Waals surface area contributed by atoms with E-state index in [1.54, 1.807) is 0 Å². The number of anilines is 1. The molecule has 0 unspecified atom stereocenters. The van der Waals surface area contributed by atoms with Gasteiger partial charge in [0, 0.05) is 25.1 Å². The molecule has 34 heavy (non-hydrogen) atoms. The number of allylic oxidation sites excluding steroid dienone is 2. The molecule has 0 atom stereocenters. The third kappa shape index (κ3) is 4.54. The van der Waals surface area contributed by atoms with Crippen molar-refractivity contribution in [1.29, 1.82) is 0 Å². The highest BCUT2D eigenvalue weighted by molar-refractivity contribution is 6.28. The van der Waals surface area contributed by atoms with Crippen molar-refractivity contribution in [3.63, 3.8) is 0 Å². The molecule has 5 rings (SSSR count). The number of piperidine rings is 1. The molecule has 1 aliphatic carbocycles. The summed E-state index contributed by atoms with van der Waals surface area (Å²) in [5, 5.41) is 2.49. The number of carbonyl (C=O) groups is 1. The zero-order chi connectivity index (χ0) is 23.9. The predicted molar refractivity (Wildman–Crippen MR) is 138 cm³/mol. The van der Waals surface area contributed by atoms with Gasteiger partial charge in [-0.05, 0) is 92.1 Å². The highest BCUT2D eigenvalue weighted by atomic mass is 35.5. The fourth-order valence-electron chi connectivity index (χ4n) is 4.77. The minimum atomic E-state index is -0.572. The Hall–Kier alpha value is -2.92. The van der Waals surface area contributed by atoms with Crippen molar-refractivity contribution in [2.45, 2.75) is 52.9 Å². The van der Waals surface area contributed by atoms with E-state index in [-0.39, 0.29) is 5.97 Å². The van der Waals surface area contributed by atoms with E-state index in [1.165, 1.54) is 24.8 Å². The molecular formula is C28H30ClN3O2. The number of ether oxygens (including phenoxy) is 1. The van der Waals surface area contributed by atoms with Crippen LogP contribution >= 0.6 is 11.6 Å². The first-order chi connectivity index (χ1) is 16.3. The van der Waals surface area contributed by atoms with Gasteiger partial charge in [0.25, 0.3) is 0 Å². The molecule has 1 aliphatic heterocycles. The fraction of sp³-hybridized carbons (Fsp3) is 0.393. The van der Waals surface area contributed by atoms with Gasteiger partial charge in [-0.15, -0.1) is 0 Å². The van der Waals surface area contributed by atoms with E-state index in [0.717, 1.165) is 52.9 Å². The minimum absolute atomic E-state index is 0.246. The van der Waals surface area contributed by atoms with Crippen molar-refractivity contribution in [3.8, 4) is 5.75 Å². The SMILES string of the molecule is CC(C)(C)C(=O)Oc1cc(CC2=CCc3c2nc(Cl)nc3N2CCCCC2)c2ccccc2c1. The van der Waals surface area contributed by atoms with Crippen LogP contribution in [0.25, 0.3) is 16.3 Å². The molecule has 2 heterocycles. The number of rotatable bonds is 4. The van der Waals surface area contributed by atoms with E-state index in [2.05, 4.69) is 33.1 Å². The van der Waals surface area contributed by atoms with Gasteiger partial charge in [-0.3, -0.25) is 4.79 Å². The molecule has 0 radical (unpaired) electrons. The van der Waals surface area contributed by atoms with E-state index in [4.69, 9.17) is 16.3 Å². The fourth-order valence-corrected chi connectivity index (χ4v) is 4.94. The molecule has 2 aromatic carbocycles. The van der Waals surface area contributed by atoms with Gasteiger partial charge in [0.1, 0.15) is 11.6 Å². The van der Waals surface area contributed by atoms with E-state index in [9.17, 15) is 4.79 Å². The van der Waals surface area contributed by atoms with Crippen molar-refractivity contribution in [1.82, 2.24) is 9.97 Å². The summed E-state index contributed by atoms with van der Waals surface area (Å²) in [6.07, 6.45) is 7.37. The van der Waals surface area contributed by atoms with Crippen LogP contribution in [-0.4, -0.2) is 29.0 Å². The van der Waals surface area contributed by atoms with Crippen LogP contribution in [0.1, 0.15) is 56.9 Å². The van der Waals surface area contributed by atoms with Crippen LogP contribution in [0.2, 0.25) is 5.28 Å². The Kier molecular flexibility index (Phi) is 6.07. The number of esters is 1. The maximum Gasteiger partial charge on any atom is 0.316 e. The van der Waals surface area contributed by atoms with Crippen LogP contribution in [0.3, 0.4) is 0 Å². The highest BCUT2D eigenvalue weighted by Crippen LogP contribution is 2.38. The Labute approximate surface area is 205 Å². The topological polar surface area (TPSA) is 55.3 Å². The van der Waals surface area contributed by atoms with E-state index in [1.807, 2.05) is 45.0 Å². The minimum Gasteiger partial charge on any atom is -0.426 e. The van der Waals surface area contributed by atoms with Crippen LogP contribution in [0, 0.1) is 5.41 Å². The summed E-state index contributed by atoms with van der Waals surface area (Å²) in [6.45, 7) is 7.62. The highest BCUT2D eigenvalue weighted by Gasteiger charge is 2.27. The van der Waals surface area contributed by atoms with Crippen LogP contribution in [0.15, 0.2) is 42.5 Å². The molecule has 0 bridgehead atoms. The Morgan fingerprint density at radius 3 is 2.62 bits per heavy atom. The molecule has 0 amide bonds. The predicted octanol–water partition coefficient (Wildman–Crippen LogP) is 6.41. The number of benzene rings is 2. The molecular weight excluding hydrogens is 446 g/mol. The lowest BCUT2D eigenvalue weighted by atomic mass is 9.96. The summed E-state index contributed by atoms with van der Waals surface area (Å²) in [5.41, 5.74) is 3.78. The van der Waals surface area contributed by atoms with Crippen molar-refractivity contribution in [3.05, 3.63) is 64.6 Å². The standard InChI is InChI=1S/C28H30ClN3O2/c1-28(2,3)26(33)34-21-16-18-9-5-6-10-22(18)20(17-21)15-19-11-12-23-24(19)30-27(29)31-25(23)32-13-7-4-8-14-32/h5-6,9-11,16-17H,4,7-8,12-15H2,1-3H3. The molecule has 1 fully saturated rings. The first-order valence-electron chi connectivity index (χ1n) is 12.0. The van der Waals surface area contributed by atoms with Crippen molar-refractivity contribution in [2.75, 3.05) is 18.0 Å². The Bertz CT molecular complexity index is 1290. The van der Waals surface area contributed by atoms with Crippen LogP contribution < -0.4 is 9.64 Å². The van der Waals surface area contributed by atoms with Gasteiger partial charge >= 0.3 is 5.97 Å². The normalized spacial score (nSPS) is 15.9. The second-order valence-electron chi connectivity index (χ2n) is 10.2. The number of aromatic nitrogens is 2. The van der Waals surface area contributed by atoms with Crippen LogP contribution in [-0.2, 0) is 17.6 Å². The van der Waals surface area contributed by atoms with Gasteiger partial charge in [-0.1, -0.05) is 30.3 Å². The molecule has 2 aliphatic rings. The van der Waals surface area contributed by atoms with Crippen molar-refractivity contribution in [2.24, 2.45) is 5.41 Å². The number of carbonyl (C=O) groups excluding carboxylic acids is 1. The van der Waals surface area contributed by atoms with Gasteiger partial charge in [0.15, 0.2) is 0 Å². The summed E-state index contributed by atoms with van der Waals surface area (Å²) < 4.78 is 5.77. The summed E-state index contributed by atoms with van der Waals surface area (Å²) in [6, 6.07) is 12.1. The quantitative estimate of drug-likeness (QED) is 0.248. The summed E-state index contributed by atoms with van der Waals surface area (Å²) in [4.78, 5) is 24.2. The number of hydrogen-bond acceptors (Lipinski definition) is 5. The average molecular weight is 476 g/mol. The largest absolute Gasteiger partial charge is 0.426 e. The van der Waals surface area contributed by atoms with Gasteiger partial charge in [0.05, 0.1) is 11.1 Å². The number of halogens is 1. The number of fused-ring (bicyclic) bond motifs is 2. The zero-order valence-corrected chi connectivity index (χ0v) is 20.8. The monoisotopic (exact) mass is 475 g/mol. The zero-order valence-electron chi connectivity index (χ0n) is 20.0. The molecule has 0 spiro atoms. The van der Waals surface area contributed by atoms with Crippen molar-refractivity contribution >= 4 is 39.7 Å². The lowest BCUT2D eigenvalue weighted by molar-refractivity contribution is -0.142. The molecule has 6 heteroatoms. The van der Waals surface area contributed by atoms with Gasteiger partial charge in [-0.25, -0.2) is 9.97 Å². The van der Waals surface area contributed by atoms with Crippen molar-refractivity contribution < 1.29 is 9.53 Å². The molecule has 0 N–H and O–H groups in total. The summed E-state index contributed by atoms with van der Waals surface area (Å²) in [7, 11) is 0. The lowest BCUT2D eigenvalue weighted by Gasteiger charge is -2.29. The van der Waals surface area contributed by atoms with Gasteiger partial charge in [0.2, 0.25) is 5.28 Å². The first kappa shape index (κ1) is 22.9. The maximum atomic E-state index is 12.5. The van der Waals surface area contributed by atoms with E-state index >= 15 is 0 Å². The molecule has 1 saturated heterocycles. The molecule has 176 valence electrons. The Morgan fingerprint density at radius 1 is 1.09 bits per heavy atom.